The Morgan fingerprint density at radius 2 is 2.06 bits per heavy atom. The molecular formula is C24H21F2N5O2. The number of benzene rings is 1. The van der Waals surface area contributed by atoms with Crippen molar-refractivity contribution in [2.75, 3.05) is 0 Å². The lowest BCUT2D eigenvalue weighted by atomic mass is 9.61. The summed E-state index contributed by atoms with van der Waals surface area (Å²) in [7, 11) is 0. The van der Waals surface area contributed by atoms with Crippen LogP contribution in [0.3, 0.4) is 0 Å². The fraction of sp³-hybridized carbons (Fsp3) is 0.375. The topological polar surface area (TPSA) is 112 Å². The Kier molecular flexibility index (Phi) is 5.64. The van der Waals surface area contributed by atoms with Gasteiger partial charge in [-0.05, 0) is 36.6 Å². The van der Waals surface area contributed by atoms with E-state index in [1.807, 2.05) is 12.1 Å². The zero-order valence-electron chi connectivity index (χ0n) is 18.0. The largest absolute Gasteiger partial charge is 0.462 e. The monoisotopic (exact) mass is 449 g/mol. The minimum Gasteiger partial charge on any atom is -0.462 e. The summed E-state index contributed by atoms with van der Waals surface area (Å²) in [5.74, 6) is -6.71. The molecule has 1 saturated carbocycles. The molecule has 0 amide bonds. The number of ether oxygens (including phenoxy) is 1. The summed E-state index contributed by atoms with van der Waals surface area (Å²) in [6.45, 7) is 3.06. The van der Waals surface area contributed by atoms with Gasteiger partial charge in [0.25, 0.3) is 5.92 Å². The number of nitrogens with zero attached hydrogens (tertiary/aromatic N) is 5. The van der Waals surface area contributed by atoms with Gasteiger partial charge in [-0.25, -0.2) is 8.78 Å². The standard InChI is InChI=1S/C24H21F2N5O2/c1-14-19(21-15(2)33-22(32)23(21,30-31-28)13-24(14,25)26)10-9-18-8-7-17(12-29-18)20-6-4-3-5-16(20)11-27/h3-10,12,14-15,19,21H,13H2,1-2H3. The number of halogens is 2. The third-order valence-electron chi connectivity index (χ3n) is 6.72. The summed E-state index contributed by atoms with van der Waals surface area (Å²) < 4.78 is 35.1. The second kappa shape index (κ2) is 8.30. The molecule has 2 aliphatic rings. The number of aromatic nitrogens is 1. The first kappa shape index (κ1) is 22.4. The molecule has 0 spiro atoms. The first-order valence-electron chi connectivity index (χ1n) is 10.5. The van der Waals surface area contributed by atoms with Crippen molar-refractivity contribution in [1.29, 1.82) is 5.26 Å². The van der Waals surface area contributed by atoms with Crippen molar-refractivity contribution in [3.8, 4) is 17.2 Å². The summed E-state index contributed by atoms with van der Waals surface area (Å²) in [5.41, 5.74) is 9.63. The van der Waals surface area contributed by atoms with E-state index < -0.39 is 47.7 Å². The van der Waals surface area contributed by atoms with Crippen LogP contribution in [0.25, 0.3) is 27.6 Å². The number of rotatable bonds is 4. The van der Waals surface area contributed by atoms with Gasteiger partial charge in [0.2, 0.25) is 0 Å². The van der Waals surface area contributed by atoms with Gasteiger partial charge >= 0.3 is 5.97 Å². The zero-order valence-corrected chi connectivity index (χ0v) is 18.0. The number of pyridine rings is 1. The van der Waals surface area contributed by atoms with Crippen LogP contribution in [0.2, 0.25) is 0 Å². The molecule has 168 valence electrons. The van der Waals surface area contributed by atoms with Gasteiger partial charge in [0.15, 0.2) is 5.54 Å². The summed E-state index contributed by atoms with van der Waals surface area (Å²) in [6, 6.07) is 12.8. The maximum absolute atomic E-state index is 14.9. The van der Waals surface area contributed by atoms with Crippen LogP contribution in [0.4, 0.5) is 8.78 Å². The molecule has 0 bridgehead atoms. The van der Waals surface area contributed by atoms with E-state index in [-0.39, 0.29) is 0 Å². The van der Waals surface area contributed by atoms with Gasteiger partial charge in [-0.1, -0.05) is 42.4 Å². The van der Waals surface area contributed by atoms with Crippen LogP contribution in [-0.4, -0.2) is 28.5 Å². The van der Waals surface area contributed by atoms with Crippen molar-refractivity contribution in [1.82, 2.24) is 4.98 Å². The number of fused-ring (bicyclic) bond motifs is 1. The smallest absolute Gasteiger partial charge is 0.319 e. The average Bonchev–Trinajstić information content (AvgIpc) is 3.03. The van der Waals surface area contributed by atoms with Gasteiger partial charge in [-0.2, -0.15) is 5.26 Å². The van der Waals surface area contributed by atoms with Gasteiger partial charge in [0.1, 0.15) is 6.10 Å². The minimum atomic E-state index is -3.22. The quantitative estimate of drug-likeness (QED) is 0.264. The molecule has 5 unspecified atom stereocenters. The molecule has 1 saturated heterocycles. The Labute approximate surface area is 189 Å². The molecule has 1 aliphatic carbocycles. The molecule has 0 radical (unpaired) electrons. The van der Waals surface area contributed by atoms with E-state index in [0.717, 1.165) is 11.1 Å². The normalized spacial score (nSPS) is 30.2. The third-order valence-corrected chi connectivity index (χ3v) is 6.72. The van der Waals surface area contributed by atoms with E-state index in [1.54, 1.807) is 49.5 Å². The number of esters is 1. The van der Waals surface area contributed by atoms with Crippen molar-refractivity contribution in [2.45, 2.75) is 37.8 Å². The average molecular weight is 449 g/mol. The first-order chi connectivity index (χ1) is 15.7. The highest BCUT2D eigenvalue weighted by Gasteiger charge is 2.68. The highest BCUT2D eigenvalue weighted by Crippen LogP contribution is 2.56. The van der Waals surface area contributed by atoms with Gasteiger partial charge in [-0.15, -0.1) is 0 Å². The summed E-state index contributed by atoms with van der Waals surface area (Å²) in [5, 5.41) is 12.9. The number of allylic oxidation sites excluding steroid dienone is 1. The van der Waals surface area contributed by atoms with E-state index in [1.165, 1.54) is 6.92 Å². The van der Waals surface area contributed by atoms with Gasteiger partial charge < -0.3 is 4.74 Å². The number of carbonyl (C=O) groups excluding carboxylic acids is 1. The lowest BCUT2D eigenvalue weighted by molar-refractivity contribution is -0.155. The number of azide groups is 1. The van der Waals surface area contributed by atoms with E-state index in [2.05, 4.69) is 21.1 Å². The lowest BCUT2D eigenvalue weighted by Crippen LogP contribution is -2.56. The number of carbonyl (C=O) groups is 1. The predicted octanol–water partition coefficient (Wildman–Crippen LogP) is 5.54. The van der Waals surface area contributed by atoms with Crippen LogP contribution in [0, 0.1) is 29.1 Å². The molecule has 1 aliphatic heterocycles. The highest BCUT2D eigenvalue weighted by atomic mass is 19.3. The predicted molar refractivity (Wildman–Crippen MR) is 117 cm³/mol. The summed E-state index contributed by atoms with van der Waals surface area (Å²) in [4.78, 5) is 19.6. The van der Waals surface area contributed by atoms with E-state index in [0.29, 0.717) is 11.3 Å². The Morgan fingerprint density at radius 1 is 1.30 bits per heavy atom. The molecule has 2 heterocycles. The van der Waals surface area contributed by atoms with Crippen LogP contribution in [-0.2, 0) is 9.53 Å². The molecule has 33 heavy (non-hydrogen) atoms. The maximum atomic E-state index is 14.9. The molecule has 2 aromatic rings. The molecule has 1 aromatic carbocycles. The van der Waals surface area contributed by atoms with Gasteiger partial charge in [0.05, 0.1) is 17.3 Å². The van der Waals surface area contributed by atoms with Crippen molar-refractivity contribution < 1.29 is 18.3 Å². The highest BCUT2D eigenvalue weighted by molar-refractivity contribution is 5.84. The van der Waals surface area contributed by atoms with Crippen molar-refractivity contribution in [3.05, 3.63) is 70.4 Å². The zero-order chi connectivity index (χ0) is 23.8. The molecular weight excluding hydrogens is 428 g/mol. The number of alkyl halides is 2. The van der Waals surface area contributed by atoms with Crippen LogP contribution < -0.4 is 0 Å². The number of hydrogen-bond acceptors (Lipinski definition) is 5. The molecule has 2 fully saturated rings. The van der Waals surface area contributed by atoms with E-state index >= 15 is 0 Å². The fourth-order valence-corrected chi connectivity index (χ4v) is 5.02. The van der Waals surface area contributed by atoms with E-state index in [9.17, 15) is 18.8 Å². The van der Waals surface area contributed by atoms with Gasteiger partial charge in [-0.3, -0.25) is 9.78 Å². The number of hydrogen-bond donors (Lipinski definition) is 0. The Morgan fingerprint density at radius 3 is 2.73 bits per heavy atom. The van der Waals surface area contributed by atoms with Crippen LogP contribution in [0.15, 0.2) is 53.8 Å². The molecule has 7 nitrogen and oxygen atoms in total. The second-order valence-electron chi connectivity index (χ2n) is 8.54. The lowest BCUT2D eigenvalue weighted by Gasteiger charge is -2.45. The van der Waals surface area contributed by atoms with Crippen molar-refractivity contribution in [2.24, 2.45) is 22.9 Å². The SMILES string of the molecule is CC1OC(=O)C2(N=[N+]=[N-])CC(F)(F)C(C)C(C=Cc3ccc(-c4ccccc4C#N)cn3)C12. The van der Waals surface area contributed by atoms with Crippen molar-refractivity contribution in [3.63, 3.8) is 0 Å². The molecule has 4 rings (SSSR count). The third kappa shape index (κ3) is 3.73. The number of cyclic esters (lactones) is 1. The van der Waals surface area contributed by atoms with Crippen LogP contribution in [0.1, 0.15) is 31.5 Å². The first-order valence-corrected chi connectivity index (χ1v) is 10.5. The number of nitriles is 1. The minimum absolute atomic E-state index is 0.523. The molecule has 1 aromatic heterocycles. The molecule has 5 atom stereocenters. The van der Waals surface area contributed by atoms with E-state index in [4.69, 9.17) is 10.3 Å². The van der Waals surface area contributed by atoms with Crippen LogP contribution in [0.5, 0.6) is 0 Å². The fourth-order valence-electron chi connectivity index (χ4n) is 5.02. The Bertz CT molecular complexity index is 1200. The summed E-state index contributed by atoms with van der Waals surface area (Å²) >= 11 is 0. The summed E-state index contributed by atoms with van der Waals surface area (Å²) in [6.07, 6.45) is 3.31. The van der Waals surface area contributed by atoms with Gasteiger partial charge in [0, 0.05) is 40.5 Å². The second-order valence-corrected chi connectivity index (χ2v) is 8.54. The Hall–Kier alpha value is -3.76. The Balaban J connectivity index is 1.67. The maximum Gasteiger partial charge on any atom is 0.319 e. The molecule has 0 N–H and O–H groups in total. The van der Waals surface area contributed by atoms with Crippen LogP contribution >= 0.6 is 0 Å². The molecule has 9 heteroatoms. The van der Waals surface area contributed by atoms with Crippen molar-refractivity contribution >= 4 is 12.0 Å².